The standard InChI is InChI=1S/C14H19F3N2O/c1-9-3-4-19(8-10(2)20-9)13-6-11(14(15,16)17)5-12(18)7-13/h5-7,9-10H,3-4,8,18H2,1-2H3. The molecule has 1 fully saturated rings. The first-order valence-corrected chi connectivity index (χ1v) is 6.64. The average molecular weight is 288 g/mol. The molecule has 2 N–H and O–H groups in total. The molecule has 1 aliphatic heterocycles. The summed E-state index contributed by atoms with van der Waals surface area (Å²) >= 11 is 0. The van der Waals surface area contributed by atoms with E-state index in [9.17, 15) is 13.2 Å². The Morgan fingerprint density at radius 2 is 1.90 bits per heavy atom. The molecule has 0 radical (unpaired) electrons. The first-order valence-electron chi connectivity index (χ1n) is 6.64. The molecular weight excluding hydrogens is 269 g/mol. The Hall–Kier alpha value is -1.43. The summed E-state index contributed by atoms with van der Waals surface area (Å²) in [4.78, 5) is 1.90. The molecule has 0 amide bonds. The van der Waals surface area contributed by atoms with Crippen molar-refractivity contribution in [1.82, 2.24) is 0 Å². The Balaban J connectivity index is 2.30. The van der Waals surface area contributed by atoms with Gasteiger partial charge in [-0.2, -0.15) is 13.2 Å². The maximum Gasteiger partial charge on any atom is 0.416 e. The van der Waals surface area contributed by atoms with E-state index in [0.29, 0.717) is 18.8 Å². The van der Waals surface area contributed by atoms with E-state index in [1.807, 2.05) is 18.7 Å². The van der Waals surface area contributed by atoms with Gasteiger partial charge in [-0.25, -0.2) is 0 Å². The zero-order valence-corrected chi connectivity index (χ0v) is 11.6. The number of nitrogens with two attached hydrogens (primary N) is 1. The molecule has 0 saturated carbocycles. The number of anilines is 2. The van der Waals surface area contributed by atoms with Gasteiger partial charge in [0.05, 0.1) is 17.8 Å². The maximum absolute atomic E-state index is 12.8. The molecule has 1 aromatic carbocycles. The van der Waals surface area contributed by atoms with E-state index < -0.39 is 11.7 Å². The van der Waals surface area contributed by atoms with Crippen LogP contribution < -0.4 is 10.6 Å². The number of hydrogen-bond donors (Lipinski definition) is 1. The summed E-state index contributed by atoms with van der Waals surface area (Å²) in [6, 6.07) is 3.70. The van der Waals surface area contributed by atoms with Crippen LogP contribution in [0.2, 0.25) is 0 Å². The molecule has 2 atom stereocenters. The summed E-state index contributed by atoms with van der Waals surface area (Å²) in [5.74, 6) is 0. The summed E-state index contributed by atoms with van der Waals surface area (Å²) in [7, 11) is 0. The molecule has 1 aliphatic rings. The van der Waals surface area contributed by atoms with Gasteiger partial charge in [-0.3, -0.25) is 0 Å². The van der Waals surface area contributed by atoms with Crippen LogP contribution in [0, 0.1) is 0 Å². The van der Waals surface area contributed by atoms with Crippen LogP contribution in [0.1, 0.15) is 25.8 Å². The highest BCUT2D eigenvalue weighted by molar-refractivity contribution is 5.59. The van der Waals surface area contributed by atoms with Crippen LogP contribution >= 0.6 is 0 Å². The second-order valence-electron chi connectivity index (χ2n) is 5.30. The first-order chi connectivity index (χ1) is 9.25. The molecular formula is C14H19F3N2O. The molecule has 1 heterocycles. The van der Waals surface area contributed by atoms with Crippen molar-refractivity contribution >= 4 is 11.4 Å². The third kappa shape index (κ3) is 3.56. The van der Waals surface area contributed by atoms with Crippen LogP contribution in [0.5, 0.6) is 0 Å². The van der Waals surface area contributed by atoms with E-state index in [1.165, 1.54) is 0 Å². The van der Waals surface area contributed by atoms with E-state index in [4.69, 9.17) is 10.5 Å². The van der Waals surface area contributed by atoms with Crippen molar-refractivity contribution in [3.63, 3.8) is 0 Å². The lowest BCUT2D eigenvalue weighted by Gasteiger charge is -2.25. The summed E-state index contributed by atoms with van der Waals surface area (Å²) < 4.78 is 44.2. The topological polar surface area (TPSA) is 38.5 Å². The molecule has 2 rings (SSSR count). The van der Waals surface area contributed by atoms with Crippen molar-refractivity contribution in [2.45, 2.75) is 38.7 Å². The molecule has 1 aromatic rings. The van der Waals surface area contributed by atoms with Gasteiger partial charge in [0, 0.05) is 24.5 Å². The third-order valence-corrected chi connectivity index (χ3v) is 3.38. The third-order valence-electron chi connectivity index (χ3n) is 3.38. The van der Waals surface area contributed by atoms with Crippen molar-refractivity contribution in [2.75, 3.05) is 23.7 Å². The largest absolute Gasteiger partial charge is 0.416 e. The molecule has 0 aliphatic carbocycles. The van der Waals surface area contributed by atoms with Gasteiger partial charge in [0.2, 0.25) is 0 Å². The quantitative estimate of drug-likeness (QED) is 0.806. The number of hydrogen-bond acceptors (Lipinski definition) is 3. The Morgan fingerprint density at radius 3 is 2.55 bits per heavy atom. The summed E-state index contributed by atoms with van der Waals surface area (Å²) in [5.41, 5.74) is 5.52. The van der Waals surface area contributed by atoms with Crippen LogP contribution in [-0.2, 0) is 10.9 Å². The number of nitrogen functional groups attached to an aromatic ring is 1. The van der Waals surface area contributed by atoms with Gasteiger partial charge in [-0.1, -0.05) is 0 Å². The van der Waals surface area contributed by atoms with E-state index in [2.05, 4.69) is 0 Å². The monoisotopic (exact) mass is 288 g/mol. The molecule has 3 nitrogen and oxygen atoms in total. The number of alkyl halides is 3. The van der Waals surface area contributed by atoms with Gasteiger partial charge in [0.15, 0.2) is 0 Å². The number of rotatable bonds is 1. The zero-order valence-electron chi connectivity index (χ0n) is 11.6. The molecule has 0 bridgehead atoms. The van der Waals surface area contributed by atoms with Crippen molar-refractivity contribution in [3.8, 4) is 0 Å². The Kier molecular flexibility index (Phi) is 4.13. The summed E-state index contributed by atoms with van der Waals surface area (Å²) in [5, 5.41) is 0. The zero-order chi connectivity index (χ0) is 14.9. The Bertz CT molecular complexity index is 476. The van der Waals surface area contributed by atoms with Crippen molar-refractivity contribution in [1.29, 1.82) is 0 Å². The average Bonchev–Trinajstić information content (AvgIpc) is 2.48. The molecule has 0 spiro atoms. The second-order valence-corrected chi connectivity index (χ2v) is 5.30. The molecule has 6 heteroatoms. The van der Waals surface area contributed by atoms with E-state index >= 15 is 0 Å². The predicted molar refractivity (Wildman–Crippen MR) is 72.7 cm³/mol. The summed E-state index contributed by atoms with van der Waals surface area (Å²) in [6.07, 6.45) is -3.52. The highest BCUT2D eigenvalue weighted by Crippen LogP contribution is 2.34. The number of benzene rings is 1. The minimum Gasteiger partial charge on any atom is -0.399 e. The Morgan fingerprint density at radius 1 is 1.20 bits per heavy atom. The van der Waals surface area contributed by atoms with Crippen LogP contribution in [-0.4, -0.2) is 25.3 Å². The van der Waals surface area contributed by atoms with Crippen molar-refractivity contribution in [3.05, 3.63) is 23.8 Å². The van der Waals surface area contributed by atoms with Crippen LogP contribution in [0.4, 0.5) is 24.5 Å². The second kappa shape index (κ2) is 5.52. The fourth-order valence-corrected chi connectivity index (χ4v) is 2.46. The van der Waals surface area contributed by atoms with E-state index in [-0.39, 0.29) is 17.9 Å². The molecule has 2 unspecified atom stereocenters. The minimum absolute atomic E-state index is 0.0248. The van der Waals surface area contributed by atoms with Crippen molar-refractivity contribution in [2.24, 2.45) is 0 Å². The van der Waals surface area contributed by atoms with Gasteiger partial charge in [-0.15, -0.1) is 0 Å². The normalized spacial score (nSPS) is 24.6. The van der Waals surface area contributed by atoms with Gasteiger partial charge < -0.3 is 15.4 Å². The first kappa shape index (κ1) is 15.0. The predicted octanol–water partition coefficient (Wildman–Crippen LogP) is 3.29. The minimum atomic E-state index is -4.38. The number of nitrogens with zero attached hydrogens (tertiary/aromatic N) is 1. The van der Waals surface area contributed by atoms with Gasteiger partial charge in [-0.05, 0) is 38.5 Å². The SMILES string of the molecule is CC1CCN(c2cc(N)cc(C(F)(F)F)c2)CC(C)O1. The lowest BCUT2D eigenvalue weighted by molar-refractivity contribution is -0.137. The number of halogens is 3. The highest BCUT2D eigenvalue weighted by Gasteiger charge is 2.32. The van der Waals surface area contributed by atoms with Crippen LogP contribution in [0.15, 0.2) is 18.2 Å². The van der Waals surface area contributed by atoms with E-state index in [1.54, 1.807) is 6.07 Å². The molecule has 112 valence electrons. The van der Waals surface area contributed by atoms with Gasteiger partial charge >= 0.3 is 6.18 Å². The lowest BCUT2D eigenvalue weighted by atomic mass is 10.1. The number of ether oxygens (including phenoxy) is 1. The van der Waals surface area contributed by atoms with Crippen LogP contribution in [0.25, 0.3) is 0 Å². The summed E-state index contributed by atoms with van der Waals surface area (Å²) in [6.45, 7) is 5.11. The lowest BCUT2D eigenvalue weighted by Crippen LogP contribution is -2.30. The maximum atomic E-state index is 12.8. The molecule has 0 aromatic heterocycles. The fraction of sp³-hybridized carbons (Fsp3) is 0.571. The van der Waals surface area contributed by atoms with Gasteiger partial charge in [0.25, 0.3) is 0 Å². The van der Waals surface area contributed by atoms with Gasteiger partial charge in [0.1, 0.15) is 0 Å². The fourth-order valence-electron chi connectivity index (χ4n) is 2.46. The molecule has 20 heavy (non-hydrogen) atoms. The van der Waals surface area contributed by atoms with Crippen molar-refractivity contribution < 1.29 is 17.9 Å². The van der Waals surface area contributed by atoms with E-state index in [0.717, 1.165) is 18.6 Å². The smallest absolute Gasteiger partial charge is 0.399 e. The van der Waals surface area contributed by atoms with Crippen LogP contribution in [0.3, 0.4) is 0 Å². The molecule has 1 saturated heterocycles. The highest BCUT2D eigenvalue weighted by atomic mass is 19.4. The Labute approximate surface area is 116 Å².